The molecule has 0 bridgehead atoms. The summed E-state index contributed by atoms with van der Waals surface area (Å²) in [4.78, 5) is 14.1. The van der Waals surface area contributed by atoms with Crippen molar-refractivity contribution in [3.8, 4) is 0 Å². The molecule has 0 aliphatic carbocycles. The van der Waals surface area contributed by atoms with Crippen molar-refractivity contribution in [2.24, 2.45) is 11.8 Å². The second-order valence-electron chi connectivity index (χ2n) is 6.73. The van der Waals surface area contributed by atoms with Crippen molar-refractivity contribution in [2.45, 2.75) is 25.8 Å². The molecule has 1 atom stereocenters. The fourth-order valence-electron chi connectivity index (χ4n) is 3.72. The van der Waals surface area contributed by atoms with E-state index in [4.69, 9.17) is 4.42 Å². The van der Waals surface area contributed by atoms with Crippen LogP contribution in [0.25, 0.3) is 0 Å². The maximum Gasteiger partial charge on any atom is 0.317 e. The number of hydrogen-bond donors (Lipinski definition) is 1. The monoisotopic (exact) mass is 355 g/mol. The summed E-state index contributed by atoms with van der Waals surface area (Å²) in [6, 6.07) is 3.58. The average molecular weight is 355 g/mol. The van der Waals surface area contributed by atoms with E-state index in [0.29, 0.717) is 31.5 Å². The molecule has 24 heavy (non-hydrogen) atoms. The Balaban J connectivity index is 1.45. The SMILES string of the molecule is CS(=O)(=O)N1CCC(C2CCN(C(=O)NCc3ccco3)C2)CC1. The normalized spacial score (nSPS) is 23.5. The molecule has 1 N–H and O–H groups in total. The summed E-state index contributed by atoms with van der Waals surface area (Å²) in [7, 11) is -3.08. The van der Waals surface area contributed by atoms with Gasteiger partial charge in [-0.2, -0.15) is 0 Å². The van der Waals surface area contributed by atoms with Crippen LogP contribution < -0.4 is 5.32 Å². The molecule has 0 radical (unpaired) electrons. The Labute approximate surface area is 143 Å². The molecule has 2 fully saturated rings. The van der Waals surface area contributed by atoms with Gasteiger partial charge in [-0.3, -0.25) is 0 Å². The molecule has 0 spiro atoms. The number of carbonyl (C=O) groups is 1. The second-order valence-corrected chi connectivity index (χ2v) is 8.71. The van der Waals surface area contributed by atoms with E-state index in [9.17, 15) is 13.2 Å². The van der Waals surface area contributed by atoms with Crippen LogP contribution in [0.1, 0.15) is 25.0 Å². The van der Waals surface area contributed by atoms with Crippen molar-refractivity contribution in [3.05, 3.63) is 24.2 Å². The van der Waals surface area contributed by atoms with Crippen molar-refractivity contribution in [3.63, 3.8) is 0 Å². The zero-order chi connectivity index (χ0) is 17.2. The lowest BCUT2D eigenvalue weighted by Crippen LogP contribution is -2.41. The highest BCUT2D eigenvalue weighted by Gasteiger charge is 2.35. The third-order valence-electron chi connectivity index (χ3n) is 5.14. The van der Waals surface area contributed by atoms with Crippen molar-refractivity contribution >= 4 is 16.1 Å². The number of sulfonamides is 1. The first-order chi connectivity index (χ1) is 11.4. The first-order valence-electron chi connectivity index (χ1n) is 8.44. The predicted octanol–water partition coefficient (Wildman–Crippen LogP) is 1.48. The van der Waals surface area contributed by atoms with Crippen LogP contribution in [0.3, 0.4) is 0 Å². The minimum Gasteiger partial charge on any atom is -0.467 e. The lowest BCUT2D eigenvalue weighted by Gasteiger charge is -2.33. The van der Waals surface area contributed by atoms with E-state index in [0.717, 1.165) is 38.1 Å². The number of nitrogens with zero attached hydrogens (tertiary/aromatic N) is 2. The van der Waals surface area contributed by atoms with Crippen LogP contribution in [0.2, 0.25) is 0 Å². The highest BCUT2D eigenvalue weighted by atomic mass is 32.2. The number of urea groups is 1. The minimum absolute atomic E-state index is 0.0533. The van der Waals surface area contributed by atoms with Crippen molar-refractivity contribution in [2.75, 3.05) is 32.4 Å². The van der Waals surface area contributed by atoms with Crippen LogP contribution in [-0.2, 0) is 16.6 Å². The van der Waals surface area contributed by atoms with E-state index in [1.165, 1.54) is 6.26 Å². The molecule has 1 unspecified atom stereocenters. The van der Waals surface area contributed by atoms with Crippen LogP contribution >= 0.6 is 0 Å². The number of furan rings is 1. The summed E-state index contributed by atoms with van der Waals surface area (Å²) in [6.07, 6.45) is 5.64. The van der Waals surface area contributed by atoms with Crippen LogP contribution in [0.4, 0.5) is 4.79 Å². The van der Waals surface area contributed by atoms with Crippen molar-refractivity contribution < 1.29 is 17.6 Å². The summed E-state index contributed by atoms with van der Waals surface area (Å²) in [6.45, 7) is 3.13. The molecule has 1 aromatic heterocycles. The van der Waals surface area contributed by atoms with Gasteiger partial charge in [-0.1, -0.05) is 0 Å². The van der Waals surface area contributed by atoms with E-state index in [1.54, 1.807) is 16.6 Å². The molecule has 1 aromatic rings. The van der Waals surface area contributed by atoms with Crippen LogP contribution in [0.15, 0.2) is 22.8 Å². The summed E-state index contributed by atoms with van der Waals surface area (Å²) >= 11 is 0. The van der Waals surface area contributed by atoms with Crippen LogP contribution in [-0.4, -0.2) is 56.1 Å². The smallest absolute Gasteiger partial charge is 0.317 e. The number of likely N-dealkylation sites (tertiary alicyclic amines) is 1. The van der Waals surface area contributed by atoms with Gasteiger partial charge in [0, 0.05) is 26.2 Å². The fourth-order valence-corrected chi connectivity index (χ4v) is 4.60. The number of piperidine rings is 1. The topological polar surface area (TPSA) is 82.9 Å². The van der Waals surface area contributed by atoms with E-state index < -0.39 is 10.0 Å². The standard InChI is InChI=1S/C16H25N3O4S/c1-24(21,22)19-8-5-13(6-9-19)14-4-7-18(12-14)16(20)17-11-15-3-2-10-23-15/h2-3,10,13-14H,4-9,11-12H2,1H3,(H,17,20). The summed E-state index contributed by atoms with van der Waals surface area (Å²) in [5.41, 5.74) is 0. The van der Waals surface area contributed by atoms with Gasteiger partial charge in [0.15, 0.2) is 0 Å². The Hall–Kier alpha value is -1.54. The summed E-state index contributed by atoms with van der Waals surface area (Å²) in [5, 5.41) is 2.88. The first-order valence-corrected chi connectivity index (χ1v) is 10.3. The van der Waals surface area contributed by atoms with Gasteiger partial charge in [0.1, 0.15) is 5.76 Å². The molecule has 2 amide bonds. The Bertz CT molecular complexity index is 651. The van der Waals surface area contributed by atoms with Gasteiger partial charge in [0.2, 0.25) is 10.0 Å². The van der Waals surface area contributed by atoms with Gasteiger partial charge in [-0.05, 0) is 43.2 Å². The predicted molar refractivity (Wildman–Crippen MR) is 89.8 cm³/mol. The highest BCUT2D eigenvalue weighted by molar-refractivity contribution is 7.88. The molecule has 3 rings (SSSR count). The largest absolute Gasteiger partial charge is 0.467 e. The van der Waals surface area contributed by atoms with Gasteiger partial charge in [-0.25, -0.2) is 17.5 Å². The number of amides is 2. The lowest BCUT2D eigenvalue weighted by atomic mass is 9.84. The van der Waals surface area contributed by atoms with E-state index in [1.807, 2.05) is 11.0 Å². The summed E-state index contributed by atoms with van der Waals surface area (Å²) < 4.78 is 29.9. The third-order valence-corrected chi connectivity index (χ3v) is 6.44. The maximum atomic E-state index is 12.2. The summed E-state index contributed by atoms with van der Waals surface area (Å²) in [5.74, 6) is 1.72. The molecule has 0 saturated carbocycles. The van der Waals surface area contributed by atoms with Crippen molar-refractivity contribution in [1.82, 2.24) is 14.5 Å². The van der Waals surface area contributed by atoms with Gasteiger partial charge in [-0.15, -0.1) is 0 Å². The molecule has 3 heterocycles. The minimum atomic E-state index is -3.08. The molecular weight excluding hydrogens is 330 g/mol. The van der Waals surface area contributed by atoms with Gasteiger partial charge < -0.3 is 14.6 Å². The zero-order valence-corrected chi connectivity index (χ0v) is 14.8. The Morgan fingerprint density at radius 3 is 2.58 bits per heavy atom. The molecule has 8 heteroatoms. The zero-order valence-electron chi connectivity index (χ0n) is 14.0. The maximum absolute atomic E-state index is 12.2. The number of hydrogen-bond acceptors (Lipinski definition) is 4. The highest BCUT2D eigenvalue weighted by Crippen LogP contribution is 2.32. The van der Waals surface area contributed by atoms with Crippen LogP contribution in [0.5, 0.6) is 0 Å². The second kappa shape index (κ2) is 7.14. The molecule has 0 aromatic carbocycles. The number of rotatable bonds is 4. The van der Waals surface area contributed by atoms with E-state index in [-0.39, 0.29) is 6.03 Å². The van der Waals surface area contributed by atoms with Crippen molar-refractivity contribution in [1.29, 1.82) is 0 Å². The molecule has 2 aliphatic heterocycles. The molecule has 7 nitrogen and oxygen atoms in total. The Morgan fingerprint density at radius 1 is 1.25 bits per heavy atom. The van der Waals surface area contributed by atoms with Gasteiger partial charge in [0.25, 0.3) is 0 Å². The average Bonchev–Trinajstić information content (AvgIpc) is 3.23. The molecular formula is C16H25N3O4S. The fraction of sp³-hybridized carbons (Fsp3) is 0.688. The number of nitrogens with one attached hydrogen (secondary N) is 1. The molecule has 2 saturated heterocycles. The Kier molecular flexibility index (Phi) is 5.15. The quantitative estimate of drug-likeness (QED) is 0.887. The van der Waals surface area contributed by atoms with Gasteiger partial charge >= 0.3 is 6.03 Å². The first kappa shape index (κ1) is 17.3. The van der Waals surface area contributed by atoms with Crippen LogP contribution in [0, 0.1) is 11.8 Å². The lowest BCUT2D eigenvalue weighted by molar-refractivity contribution is 0.190. The van der Waals surface area contributed by atoms with Gasteiger partial charge in [0.05, 0.1) is 19.1 Å². The van der Waals surface area contributed by atoms with E-state index >= 15 is 0 Å². The number of carbonyl (C=O) groups excluding carboxylic acids is 1. The van der Waals surface area contributed by atoms with E-state index in [2.05, 4.69) is 5.32 Å². The molecule has 2 aliphatic rings. The third kappa shape index (κ3) is 4.10. The molecule has 134 valence electrons. The Morgan fingerprint density at radius 2 is 1.96 bits per heavy atom.